The number of fused-ring (bicyclic) bond motifs is 8. The Morgan fingerprint density at radius 1 is 0.364 bits per heavy atom. The summed E-state index contributed by atoms with van der Waals surface area (Å²) in [6.07, 6.45) is 0. The molecule has 0 bridgehead atoms. The van der Waals surface area contributed by atoms with Gasteiger partial charge in [-0.3, -0.25) is 13.9 Å². The molecule has 0 saturated heterocycles. The molecule has 4 aromatic heterocycles. The summed E-state index contributed by atoms with van der Waals surface area (Å²) in [5.41, 5.74) is 8.00. The van der Waals surface area contributed by atoms with Gasteiger partial charge in [-0.1, -0.05) is 133 Å². The molecule has 0 amide bonds. The zero-order valence-corrected chi connectivity index (χ0v) is 29.4. The summed E-state index contributed by atoms with van der Waals surface area (Å²) >= 11 is 0. The maximum atomic E-state index is 15.2. The largest absolute Gasteiger partial charge is 0.308 e. The molecule has 0 radical (unpaired) electrons. The molecule has 0 fully saturated rings. The Labute approximate surface area is 314 Å². The molecule has 4 heterocycles. The lowest BCUT2D eigenvalue weighted by Crippen LogP contribution is -2.19. The summed E-state index contributed by atoms with van der Waals surface area (Å²) in [5.74, 6) is 1.65. The van der Waals surface area contributed by atoms with E-state index in [4.69, 9.17) is 15.0 Å². The summed E-state index contributed by atoms with van der Waals surface area (Å²) in [6.45, 7) is 0. The van der Waals surface area contributed by atoms with Gasteiger partial charge in [-0.25, -0.2) is 4.98 Å². The quantitative estimate of drug-likeness (QED) is 0.179. The van der Waals surface area contributed by atoms with Crippen LogP contribution in [0.5, 0.6) is 0 Å². The molecule has 7 aromatic carbocycles. The number of hydrogen-bond donors (Lipinski definition) is 0. The van der Waals surface area contributed by atoms with Crippen LogP contribution < -0.4 is 5.56 Å². The van der Waals surface area contributed by atoms with E-state index in [1.807, 2.05) is 138 Å². The number of benzene rings is 7. The van der Waals surface area contributed by atoms with E-state index in [1.54, 1.807) is 0 Å². The fraction of sp³-hybridized carbons (Fsp3) is 0. The normalized spacial score (nSPS) is 11.7. The van der Waals surface area contributed by atoms with Crippen LogP contribution in [0.3, 0.4) is 0 Å². The van der Waals surface area contributed by atoms with Gasteiger partial charge in [-0.15, -0.1) is 0 Å². The molecule has 0 aliphatic carbocycles. The fourth-order valence-corrected chi connectivity index (χ4v) is 8.10. The van der Waals surface area contributed by atoms with Crippen LogP contribution >= 0.6 is 0 Å². The first kappa shape index (κ1) is 30.9. The summed E-state index contributed by atoms with van der Waals surface area (Å²) in [4.78, 5) is 30.4. The Bertz CT molecular complexity index is 3260. The smallest absolute Gasteiger partial charge is 0.265 e. The molecule has 11 rings (SSSR count). The molecule has 7 heteroatoms. The van der Waals surface area contributed by atoms with Crippen molar-refractivity contribution in [2.75, 3.05) is 0 Å². The number of pyridine rings is 1. The molecule has 0 unspecified atom stereocenters. The summed E-state index contributed by atoms with van der Waals surface area (Å²) in [7, 11) is 0. The summed E-state index contributed by atoms with van der Waals surface area (Å²) in [6, 6.07) is 61.1. The lowest BCUT2D eigenvalue weighted by molar-refractivity contribution is 0.954. The Kier molecular flexibility index (Phi) is 6.87. The van der Waals surface area contributed by atoms with Gasteiger partial charge in [0.1, 0.15) is 0 Å². The standard InChI is InChI=1S/C48H30N6O/c55-47-43-38-30-41-37(29-42(38)52(33-21-9-3-10-22-33)44(43)36-26-14-16-28-40(36)53(47)34-23-11-4-12-24-34)35-25-13-15-27-39(35)54(41)48-50-45(31-17-5-1-6-18-31)49-46(51-48)32-19-7-2-8-20-32/h1-30H. The molecule has 0 N–H and O–H groups in total. The monoisotopic (exact) mass is 706 g/mol. The maximum Gasteiger partial charge on any atom is 0.265 e. The van der Waals surface area contributed by atoms with Crippen molar-refractivity contribution in [2.45, 2.75) is 0 Å². The molecular formula is C48H30N6O. The minimum atomic E-state index is -0.0838. The SMILES string of the molecule is O=c1c2c3cc4c(cc3n(-c3ccccc3)c2c2ccccc2n1-c1ccccc1)c1ccccc1n4-c1nc(-c2ccccc2)nc(-c2ccccc2)n1. The third kappa shape index (κ3) is 4.77. The Morgan fingerprint density at radius 2 is 0.818 bits per heavy atom. The van der Waals surface area contributed by atoms with Crippen LogP contribution in [0, 0.1) is 0 Å². The highest BCUT2D eigenvalue weighted by Gasteiger charge is 2.25. The molecule has 0 saturated carbocycles. The van der Waals surface area contributed by atoms with E-state index in [0.29, 0.717) is 23.0 Å². The highest BCUT2D eigenvalue weighted by atomic mass is 16.1. The minimum Gasteiger partial charge on any atom is -0.308 e. The van der Waals surface area contributed by atoms with Crippen LogP contribution in [-0.4, -0.2) is 28.7 Å². The van der Waals surface area contributed by atoms with Gasteiger partial charge in [0.05, 0.1) is 33.0 Å². The van der Waals surface area contributed by atoms with Gasteiger partial charge in [0.25, 0.3) is 5.56 Å². The third-order valence-electron chi connectivity index (χ3n) is 10.5. The van der Waals surface area contributed by atoms with Crippen molar-refractivity contribution in [3.05, 3.63) is 192 Å². The molecule has 258 valence electrons. The molecule has 55 heavy (non-hydrogen) atoms. The van der Waals surface area contributed by atoms with Crippen LogP contribution in [0.2, 0.25) is 0 Å². The van der Waals surface area contributed by atoms with E-state index in [2.05, 4.69) is 57.7 Å². The van der Waals surface area contributed by atoms with E-state index in [-0.39, 0.29) is 5.56 Å². The second kappa shape index (κ2) is 12.2. The first-order valence-corrected chi connectivity index (χ1v) is 18.3. The first-order chi connectivity index (χ1) is 27.2. The predicted octanol–water partition coefficient (Wildman–Crippen LogP) is 10.7. The lowest BCUT2D eigenvalue weighted by Gasteiger charge is -2.14. The first-order valence-electron chi connectivity index (χ1n) is 18.3. The van der Waals surface area contributed by atoms with Crippen molar-refractivity contribution in [2.24, 2.45) is 0 Å². The van der Waals surface area contributed by atoms with Crippen molar-refractivity contribution in [1.82, 2.24) is 28.7 Å². The number of nitrogens with zero attached hydrogens (tertiary/aromatic N) is 6. The van der Waals surface area contributed by atoms with Gasteiger partial charge in [0.2, 0.25) is 5.95 Å². The van der Waals surface area contributed by atoms with E-state index < -0.39 is 0 Å². The molecule has 0 aliphatic rings. The lowest BCUT2D eigenvalue weighted by atomic mass is 10.1. The topological polar surface area (TPSA) is 70.5 Å². The average molecular weight is 707 g/mol. The number of hydrogen-bond acceptors (Lipinski definition) is 4. The van der Waals surface area contributed by atoms with Crippen LogP contribution in [0.25, 0.3) is 94.6 Å². The summed E-state index contributed by atoms with van der Waals surface area (Å²) in [5, 5.41) is 4.55. The second-order valence-corrected chi connectivity index (χ2v) is 13.6. The zero-order valence-electron chi connectivity index (χ0n) is 29.4. The van der Waals surface area contributed by atoms with E-state index in [9.17, 15) is 0 Å². The maximum absolute atomic E-state index is 15.2. The van der Waals surface area contributed by atoms with Crippen molar-refractivity contribution in [1.29, 1.82) is 0 Å². The van der Waals surface area contributed by atoms with Crippen LogP contribution in [0.1, 0.15) is 0 Å². The molecule has 11 aromatic rings. The molecular weight excluding hydrogens is 677 g/mol. The predicted molar refractivity (Wildman–Crippen MR) is 222 cm³/mol. The summed E-state index contributed by atoms with van der Waals surface area (Å²) < 4.78 is 6.21. The second-order valence-electron chi connectivity index (χ2n) is 13.6. The Morgan fingerprint density at radius 3 is 1.42 bits per heavy atom. The van der Waals surface area contributed by atoms with Crippen LogP contribution in [0.15, 0.2) is 187 Å². The van der Waals surface area contributed by atoms with Crippen LogP contribution in [0.4, 0.5) is 0 Å². The van der Waals surface area contributed by atoms with Crippen molar-refractivity contribution in [3.63, 3.8) is 0 Å². The average Bonchev–Trinajstić information content (AvgIpc) is 3.77. The third-order valence-corrected chi connectivity index (χ3v) is 10.5. The molecule has 7 nitrogen and oxygen atoms in total. The van der Waals surface area contributed by atoms with Gasteiger partial charge in [0, 0.05) is 44.0 Å². The highest BCUT2D eigenvalue weighted by Crippen LogP contribution is 2.41. The van der Waals surface area contributed by atoms with Gasteiger partial charge in [-0.05, 0) is 48.5 Å². The van der Waals surface area contributed by atoms with Gasteiger partial charge < -0.3 is 4.57 Å². The van der Waals surface area contributed by atoms with Gasteiger partial charge >= 0.3 is 0 Å². The zero-order chi connectivity index (χ0) is 36.5. The molecule has 0 atom stereocenters. The highest BCUT2D eigenvalue weighted by molar-refractivity contribution is 6.22. The Balaban J connectivity index is 1.32. The van der Waals surface area contributed by atoms with Gasteiger partial charge in [0.15, 0.2) is 11.6 Å². The number of rotatable bonds is 5. The fourth-order valence-electron chi connectivity index (χ4n) is 8.10. The van der Waals surface area contributed by atoms with Crippen molar-refractivity contribution < 1.29 is 0 Å². The van der Waals surface area contributed by atoms with E-state index in [0.717, 1.165) is 71.6 Å². The Hall–Kier alpha value is -7.64. The van der Waals surface area contributed by atoms with E-state index >= 15 is 4.79 Å². The molecule has 0 spiro atoms. The minimum absolute atomic E-state index is 0.0838. The molecule has 0 aliphatic heterocycles. The van der Waals surface area contributed by atoms with E-state index in [1.165, 1.54) is 0 Å². The number of aromatic nitrogens is 6. The van der Waals surface area contributed by atoms with Crippen molar-refractivity contribution in [3.8, 4) is 40.1 Å². The van der Waals surface area contributed by atoms with Crippen molar-refractivity contribution >= 4 is 54.5 Å². The van der Waals surface area contributed by atoms with Crippen LogP contribution in [-0.2, 0) is 0 Å². The number of para-hydroxylation sites is 4. The van der Waals surface area contributed by atoms with Gasteiger partial charge in [-0.2, -0.15) is 9.97 Å².